The molecule has 0 bridgehead atoms. The van der Waals surface area contributed by atoms with Crippen LogP contribution in [-0.2, 0) is 41.1 Å². The number of halogens is 1. The minimum Gasteiger partial charge on any atom is -0.465 e. The molecule has 2 heterocycles. The summed E-state index contributed by atoms with van der Waals surface area (Å²) in [7, 11) is -16.8. The molecule has 0 aromatic carbocycles. The normalized spacial score (nSPS) is 24.7. The zero-order valence-corrected chi connectivity index (χ0v) is 19.1. The fourth-order valence-corrected chi connectivity index (χ4v) is 5.71. The highest BCUT2D eigenvalue weighted by Gasteiger charge is 2.43. The third kappa shape index (κ3) is 8.63. The number of hydrogen-bond donors (Lipinski definition) is 5. The molecule has 2 rings (SSSR count). The molecule has 33 heavy (non-hydrogen) atoms. The van der Waals surface area contributed by atoms with Gasteiger partial charge in [0.25, 0.3) is 5.56 Å². The number of aromatic nitrogens is 2. The van der Waals surface area contributed by atoms with Crippen molar-refractivity contribution < 1.29 is 65.1 Å². The first-order chi connectivity index (χ1) is 15.0. The zero-order chi connectivity index (χ0) is 25.2. The summed E-state index contributed by atoms with van der Waals surface area (Å²) in [6.45, 7) is -0.167. The maximum absolute atomic E-state index is 13.6. The van der Waals surface area contributed by atoms with Gasteiger partial charge in [0.1, 0.15) is 6.23 Å². The van der Waals surface area contributed by atoms with E-state index in [1.807, 2.05) is 0 Å². The molecule has 1 aliphatic heterocycles. The summed E-state index contributed by atoms with van der Waals surface area (Å²) in [5.74, 6) is -2.85. The Kier molecular flexibility index (Phi) is 8.71. The van der Waals surface area contributed by atoms with E-state index in [9.17, 15) is 37.4 Å². The number of ether oxygens (including phenoxy) is 2. The molecule has 5 atom stereocenters. The van der Waals surface area contributed by atoms with Crippen LogP contribution in [0.25, 0.3) is 0 Å². The summed E-state index contributed by atoms with van der Waals surface area (Å²) < 4.78 is 70.1. The second-order valence-corrected chi connectivity index (χ2v) is 10.9. The first-order valence-electron chi connectivity index (χ1n) is 8.56. The van der Waals surface area contributed by atoms with Gasteiger partial charge in [0.2, 0.25) is 5.82 Å². The van der Waals surface area contributed by atoms with Crippen LogP contribution in [0.3, 0.4) is 0 Å². The molecule has 0 aliphatic carbocycles. The van der Waals surface area contributed by atoms with Crippen molar-refractivity contribution in [1.82, 2.24) is 9.55 Å². The third-order valence-corrected chi connectivity index (χ3v) is 7.72. The summed E-state index contributed by atoms with van der Waals surface area (Å²) in [5.41, 5.74) is -2.33. The molecule has 0 spiro atoms. The van der Waals surface area contributed by atoms with Crippen LogP contribution in [-0.4, -0.2) is 54.4 Å². The first kappa shape index (κ1) is 27.7. The maximum Gasteiger partial charge on any atom is 0.490 e. The predicted molar refractivity (Wildman–Crippen MR) is 99.7 cm³/mol. The molecule has 0 radical (unpaired) electrons. The van der Waals surface area contributed by atoms with Gasteiger partial charge in [0, 0.05) is 19.3 Å². The Morgan fingerprint density at radius 1 is 1.18 bits per heavy atom. The van der Waals surface area contributed by atoms with Crippen molar-refractivity contribution in [2.45, 2.75) is 25.7 Å². The van der Waals surface area contributed by atoms with E-state index < -0.39 is 71.4 Å². The van der Waals surface area contributed by atoms with Crippen LogP contribution < -0.4 is 11.2 Å². The number of aromatic amines is 1. The Bertz CT molecular complexity index is 1140. The molecule has 188 valence electrons. The van der Waals surface area contributed by atoms with E-state index in [0.29, 0.717) is 10.8 Å². The summed E-state index contributed by atoms with van der Waals surface area (Å²) >= 11 is 0. The molecule has 1 aliphatic rings. The topological polar surface area (TPSA) is 250 Å². The number of hydrogen-bond acceptors (Lipinski definition) is 11. The van der Waals surface area contributed by atoms with Gasteiger partial charge in [-0.3, -0.25) is 23.7 Å². The summed E-state index contributed by atoms with van der Waals surface area (Å²) in [6, 6.07) is 0. The van der Waals surface area contributed by atoms with Crippen molar-refractivity contribution in [3.8, 4) is 0 Å². The van der Waals surface area contributed by atoms with E-state index in [-0.39, 0.29) is 13.0 Å². The van der Waals surface area contributed by atoms with Crippen LogP contribution in [0.1, 0.15) is 19.6 Å². The largest absolute Gasteiger partial charge is 0.490 e. The molecule has 17 nitrogen and oxygen atoms in total. The second kappa shape index (κ2) is 10.4. The number of nitrogens with zero attached hydrogens (tertiary/aromatic N) is 1. The van der Waals surface area contributed by atoms with Gasteiger partial charge in [-0.15, -0.1) is 0 Å². The van der Waals surface area contributed by atoms with Crippen LogP contribution in [0.4, 0.5) is 4.39 Å². The average Bonchev–Trinajstić information content (AvgIpc) is 3.01. The molecule has 1 saturated heterocycles. The van der Waals surface area contributed by atoms with Gasteiger partial charge in [-0.25, -0.2) is 18.5 Å². The zero-order valence-electron chi connectivity index (χ0n) is 16.4. The van der Waals surface area contributed by atoms with E-state index in [1.165, 1.54) is 0 Å². The third-order valence-electron chi connectivity index (χ3n) is 3.92. The molecule has 5 unspecified atom stereocenters. The van der Waals surface area contributed by atoms with Crippen molar-refractivity contribution in [2.24, 2.45) is 5.92 Å². The van der Waals surface area contributed by atoms with Crippen LogP contribution >= 0.6 is 23.5 Å². The standard InChI is InChI=1S/C12H18FN2O15P3/c1-6(16)26-4-7-2-10(15-3-8(13)11(17)14-12(15)18)28-9(7)5-27-32(22,23)30-33(24,25)29-31(19,20)21/h3,7,9-10H,2,4-5H2,1H3,(H,22,23)(H,24,25)(H,14,17,18)(H2,19,20,21). The van der Waals surface area contributed by atoms with Gasteiger partial charge >= 0.3 is 35.1 Å². The monoisotopic (exact) mass is 542 g/mol. The van der Waals surface area contributed by atoms with Crippen molar-refractivity contribution in [3.05, 3.63) is 32.9 Å². The van der Waals surface area contributed by atoms with Gasteiger partial charge in [-0.1, -0.05) is 0 Å². The number of nitrogens with one attached hydrogen (secondary N) is 1. The Morgan fingerprint density at radius 2 is 1.82 bits per heavy atom. The van der Waals surface area contributed by atoms with Crippen LogP contribution in [0.15, 0.2) is 15.8 Å². The van der Waals surface area contributed by atoms with Gasteiger partial charge in [0.05, 0.1) is 25.5 Å². The van der Waals surface area contributed by atoms with Gasteiger partial charge in [-0.05, 0) is 0 Å². The summed E-state index contributed by atoms with van der Waals surface area (Å²) in [4.78, 5) is 71.7. The molecule has 1 aromatic rings. The lowest BCUT2D eigenvalue weighted by molar-refractivity contribution is -0.143. The van der Waals surface area contributed by atoms with Crippen molar-refractivity contribution in [2.75, 3.05) is 13.2 Å². The predicted octanol–water partition coefficient (Wildman–Crippen LogP) is -0.514. The lowest BCUT2D eigenvalue weighted by atomic mass is 10.0. The van der Waals surface area contributed by atoms with E-state index in [2.05, 4.69) is 13.1 Å². The number of rotatable bonds is 10. The summed E-state index contributed by atoms with van der Waals surface area (Å²) in [5, 5.41) is 0. The highest BCUT2D eigenvalue weighted by Crippen LogP contribution is 2.66. The molecule has 5 N–H and O–H groups in total. The lowest BCUT2D eigenvalue weighted by Gasteiger charge is -2.21. The quantitative estimate of drug-likeness (QED) is 0.184. The van der Waals surface area contributed by atoms with Crippen LogP contribution in [0.2, 0.25) is 0 Å². The van der Waals surface area contributed by atoms with Crippen molar-refractivity contribution in [1.29, 1.82) is 0 Å². The molecule has 0 amide bonds. The van der Waals surface area contributed by atoms with Gasteiger partial charge in [-0.2, -0.15) is 13.0 Å². The van der Waals surface area contributed by atoms with Gasteiger partial charge < -0.3 is 29.0 Å². The van der Waals surface area contributed by atoms with Crippen LogP contribution in [0.5, 0.6) is 0 Å². The van der Waals surface area contributed by atoms with Crippen molar-refractivity contribution >= 4 is 29.4 Å². The smallest absolute Gasteiger partial charge is 0.465 e. The average molecular weight is 542 g/mol. The lowest BCUT2D eigenvalue weighted by Crippen LogP contribution is -2.34. The van der Waals surface area contributed by atoms with Crippen molar-refractivity contribution in [3.63, 3.8) is 0 Å². The number of phosphoric acid groups is 3. The number of phosphoric ester groups is 1. The SMILES string of the molecule is CC(=O)OCC1CC(n2cc(F)c(=O)[nH]c2=O)OC1COP(=O)(O)OP(=O)(O)OP(=O)(O)O. The Morgan fingerprint density at radius 3 is 2.39 bits per heavy atom. The Balaban J connectivity index is 2.16. The van der Waals surface area contributed by atoms with E-state index >= 15 is 0 Å². The van der Waals surface area contributed by atoms with Crippen LogP contribution in [0, 0.1) is 11.7 Å². The minimum atomic E-state index is -5.75. The molecule has 1 aromatic heterocycles. The molecule has 1 fully saturated rings. The first-order valence-corrected chi connectivity index (χ1v) is 13.1. The van der Waals surface area contributed by atoms with E-state index in [4.69, 9.17) is 24.2 Å². The number of esters is 1. The van der Waals surface area contributed by atoms with E-state index in [1.54, 1.807) is 4.98 Å². The fourth-order valence-electron chi connectivity index (χ4n) is 2.68. The summed E-state index contributed by atoms with van der Waals surface area (Å²) in [6.07, 6.45) is -2.08. The maximum atomic E-state index is 13.6. The highest BCUT2D eigenvalue weighted by atomic mass is 31.3. The molecule has 21 heteroatoms. The molecular weight excluding hydrogens is 524 g/mol. The molecule has 0 saturated carbocycles. The molecular formula is C12H18FN2O15P3. The van der Waals surface area contributed by atoms with Gasteiger partial charge in [0.15, 0.2) is 0 Å². The minimum absolute atomic E-state index is 0.136. The number of carbonyl (C=O) groups excluding carboxylic acids is 1. The number of H-pyrrole nitrogens is 1. The Hall–Kier alpha value is -1.55. The Labute approximate surface area is 182 Å². The second-order valence-electron chi connectivity index (χ2n) is 6.46. The number of carbonyl (C=O) groups is 1. The fraction of sp³-hybridized carbons (Fsp3) is 0.583. The highest BCUT2D eigenvalue weighted by molar-refractivity contribution is 7.66. The van der Waals surface area contributed by atoms with E-state index in [0.717, 1.165) is 6.92 Å².